The number of aliphatic hydroxyl groups is 1. The molecule has 3 aliphatic rings. The second kappa shape index (κ2) is 10.7. The highest BCUT2D eigenvalue weighted by Crippen LogP contribution is 2.37. The van der Waals surface area contributed by atoms with Crippen molar-refractivity contribution in [3.05, 3.63) is 98.3 Å². The highest BCUT2D eigenvalue weighted by Gasteiger charge is 2.36. The summed E-state index contributed by atoms with van der Waals surface area (Å²) in [6.07, 6.45) is 8.59. The van der Waals surface area contributed by atoms with Gasteiger partial charge in [-0.15, -0.1) is 0 Å². The van der Waals surface area contributed by atoms with Gasteiger partial charge in [0.05, 0.1) is 25.9 Å². The summed E-state index contributed by atoms with van der Waals surface area (Å²) in [6, 6.07) is 9.95. The van der Waals surface area contributed by atoms with Gasteiger partial charge in [0, 0.05) is 61.5 Å². The van der Waals surface area contributed by atoms with Crippen LogP contribution in [0.3, 0.4) is 0 Å². The van der Waals surface area contributed by atoms with Gasteiger partial charge in [-0.2, -0.15) is 9.78 Å². The van der Waals surface area contributed by atoms with Crippen LogP contribution in [0.15, 0.2) is 64.8 Å². The first-order valence-electron chi connectivity index (χ1n) is 15.7. The first-order valence-corrected chi connectivity index (χ1v) is 15.7. The molecule has 12 heteroatoms. The molecule has 2 fully saturated rings. The van der Waals surface area contributed by atoms with E-state index in [9.17, 15) is 14.7 Å². The van der Waals surface area contributed by atoms with Crippen LogP contribution in [0.25, 0.3) is 22.5 Å². The molecule has 46 heavy (non-hydrogen) atoms. The number of fused-ring (bicyclic) bond motifs is 3. The third kappa shape index (κ3) is 4.75. The van der Waals surface area contributed by atoms with Crippen LogP contribution in [-0.2, 0) is 31.2 Å². The van der Waals surface area contributed by atoms with Gasteiger partial charge in [-0.05, 0) is 59.2 Å². The van der Waals surface area contributed by atoms with Crippen LogP contribution >= 0.6 is 0 Å². The lowest BCUT2D eigenvalue weighted by molar-refractivity contribution is -0.0906. The number of pyridine rings is 3. The number of hydrogen-bond acceptors (Lipinski definition) is 9. The normalized spacial score (nSPS) is 18.0. The third-order valence-corrected chi connectivity index (χ3v) is 9.69. The van der Waals surface area contributed by atoms with Crippen molar-refractivity contribution in [1.82, 2.24) is 33.6 Å². The van der Waals surface area contributed by atoms with Gasteiger partial charge in [-0.25, -0.2) is 9.97 Å². The lowest BCUT2D eigenvalue weighted by Gasteiger charge is -2.47. The van der Waals surface area contributed by atoms with Crippen LogP contribution in [0.4, 0.5) is 11.5 Å². The Kier molecular flexibility index (Phi) is 6.71. The summed E-state index contributed by atoms with van der Waals surface area (Å²) in [4.78, 5) is 38.4. The maximum atomic E-state index is 13.7. The predicted octanol–water partition coefficient (Wildman–Crippen LogP) is 2.80. The molecule has 2 N–H and O–H groups in total. The number of nitrogens with zero attached hydrogens (tertiary/aromatic N) is 7. The Balaban J connectivity index is 1.09. The molecule has 0 spiro atoms. The molecule has 0 aromatic carbocycles. The van der Waals surface area contributed by atoms with E-state index in [1.165, 1.54) is 14.8 Å². The monoisotopic (exact) mass is 620 g/mol. The zero-order chi connectivity index (χ0) is 31.7. The van der Waals surface area contributed by atoms with Crippen molar-refractivity contribution in [2.75, 3.05) is 31.6 Å². The second-order valence-electron chi connectivity index (χ2n) is 13.6. The molecular weight excluding hydrogens is 584 g/mol. The van der Waals surface area contributed by atoms with Gasteiger partial charge >= 0.3 is 0 Å². The summed E-state index contributed by atoms with van der Waals surface area (Å²) in [5.41, 5.74) is 5.67. The van der Waals surface area contributed by atoms with E-state index in [1.54, 1.807) is 37.9 Å². The Bertz CT molecular complexity index is 2100. The Hall–Kier alpha value is -4.65. The average Bonchev–Trinajstić information content (AvgIpc) is 3.48. The van der Waals surface area contributed by atoms with Gasteiger partial charge in [0.25, 0.3) is 11.1 Å². The number of likely N-dealkylation sites (tertiary alicyclic amines) is 1. The van der Waals surface area contributed by atoms with Crippen molar-refractivity contribution in [3.8, 4) is 16.9 Å². The fourth-order valence-corrected chi connectivity index (χ4v) is 7.07. The summed E-state index contributed by atoms with van der Waals surface area (Å²) in [6.45, 7) is 7.72. The summed E-state index contributed by atoms with van der Waals surface area (Å²) >= 11 is 0. The van der Waals surface area contributed by atoms with E-state index in [0.717, 1.165) is 50.4 Å². The maximum Gasteiger partial charge on any atom is 0.297 e. The predicted molar refractivity (Wildman–Crippen MR) is 173 cm³/mol. The van der Waals surface area contributed by atoms with Gasteiger partial charge in [-0.1, -0.05) is 19.9 Å². The van der Waals surface area contributed by atoms with E-state index in [4.69, 9.17) is 4.74 Å². The Labute approximate surface area is 264 Å². The minimum atomic E-state index is -0.384. The van der Waals surface area contributed by atoms with Crippen LogP contribution in [0.2, 0.25) is 0 Å². The first kappa shape index (κ1) is 28.8. The van der Waals surface area contributed by atoms with Gasteiger partial charge in [-0.3, -0.25) is 18.9 Å². The third-order valence-electron chi connectivity index (χ3n) is 9.69. The minimum absolute atomic E-state index is 0.146. The minimum Gasteiger partial charge on any atom is -0.392 e. The molecule has 7 heterocycles. The number of aromatic nitrogens is 6. The number of aryl methyl sites for hydroxylation is 1. The molecule has 0 saturated carbocycles. The molecule has 5 aromatic heterocycles. The van der Waals surface area contributed by atoms with Crippen molar-refractivity contribution in [2.24, 2.45) is 12.5 Å². The van der Waals surface area contributed by atoms with Crippen LogP contribution in [0, 0.1) is 5.41 Å². The highest BCUT2D eigenvalue weighted by molar-refractivity contribution is 5.73. The highest BCUT2D eigenvalue weighted by atomic mass is 16.5. The van der Waals surface area contributed by atoms with E-state index in [1.807, 2.05) is 22.7 Å². The molecule has 8 rings (SSSR count). The summed E-state index contributed by atoms with van der Waals surface area (Å²) in [5.74, 6) is 1.25. The molecule has 0 unspecified atom stereocenters. The van der Waals surface area contributed by atoms with Crippen LogP contribution in [-0.4, -0.2) is 71.1 Å². The van der Waals surface area contributed by atoms with Gasteiger partial charge in [0.15, 0.2) is 5.82 Å². The molecule has 1 aliphatic carbocycles. The standard InChI is InChI=1S/C34H36N8O4/c1-34(2)10-21-9-28-33(45)42(37-19-41(28)29(21)11-34)31-26(16-43)25(6-7-35-31)22-8-27(32(44)39(3)13-22)38-30-5-4-20(12-36-30)23-14-40(15-23)24-17-46-18-24/h4-9,12-13,19,23-24,43H,10-11,14-18H2,1-3H3,(H,36,38). The van der Waals surface area contributed by atoms with E-state index < -0.39 is 0 Å². The Morgan fingerprint density at radius 3 is 2.61 bits per heavy atom. The fourth-order valence-electron chi connectivity index (χ4n) is 7.07. The number of hydrogen-bond donors (Lipinski definition) is 2. The fraction of sp³-hybridized carbons (Fsp3) is 0.382. The summed E-state index contributed by atoms with van der Waals surface area (Å²) in [7, 11) is 1.68. The number of rotatable bonds is 7. The van der Waals surface area contributed by atoms with Crippen molar-refractivity contribution >= 4 is 17.0 Å². The average molecular weight is 621 g/mol. The molecule has 12 nitrogen and oxygen atoms in total. The zero-order valence-electron chi connectivity index (χ0n) is 26.1. The van der Waals surface area contributed by atoms with Crippen LogP contribution in [0.1, 0.15) is 42.1 Å². The van der Waals surface area contributed by atoms with E-state index in [2.05, 4.69) is 45.2 Å². The molecule has 0 bridgehead atoms. The largest absolute Gasteiger partial charge is 0.392 e. The molecule has 0 radical (unpaired) electrons. The van der Waals surface area contributed by atoms with E-state index >= 15 is 0 Å². The summed E-state index contributed by atoms with van der Waals surface area (Å²) in [5, 5.41) is 18.2. The van der Waals surface area contributed by atoms with Gasteiger partial charge < -0.3 is 19.7 Å². The summed E-state index contributed by atoms with van der Waals surface area (Å²) < 4.78 is 9.92. The van der Waals surface area contributed by atoms with Gasteiger partial charge in [0.2, 0.25) is 0 Å². The molecule has 0 amide bonds. The molecule has 5 aromatic rings. The van der Waals surface area contributed by atoms with Crippen molar-refractivity contribution in [1.29, 1.82) is 0 Å². The second-order valence-corrected chi connectivity index (χ2v) is 13.6. The maximum absolute atomic E-state index is 13.7. The molecular formula is C34H36N8O4. The lowest BCUT2D eigenvalue weighted by Crippen LogP contribution is -2.58. The number of nitrogens with one attached hydrogen (secondary N) is 1. The van der Waals surface area contributed by atoms with Crippen molar-refractivity contribution in [3.63, 3.8) is 0 Å². The van der Waals surface area contributed by atoms with Crippen LogP contribution in [0.5, 0.6) is 0 Å². The smallest absolute Gasteiger partial charge is 0.297 e. The first-order chi connectivity index (χ1) is 22.2. The zero-order valence-corrected chi connectivity index (χ0v) is 26.1. The van der Waals surface area contributed by atoms with E-state index in [0.29, 0.717) is 45.7 Å². The van der Waals surface area contributed by atoms with Crippen LogP contribution < -0.4 is 16.4 Å². The Morgan fingerprint density at radius 2 is 1.89 bits per heavy atom. The van der Waals surface area contributed by atoms with Gasteiger partial charge in [0.1, 0.15) is 23.3 Å². The molecule has 236 valence electrons. The molecule has 2 saturated heterocycles. The quantitative estimate of drug-likeness (QED) is 0.282. The van der Waals surface area contributed by atoms with E-state index in [-0.39, 0.29) is 29.0 Å². The Morgan fingerprint density at radius 1 is 1.07 bits per heavy atom. The van der Waals surface area contributed by atoms with Crippen molar-refractivity contribution in [2.45, 2.75) is 45.3 Å². The molecule has 0 atom stereocenters. The number of anilines is 2. The lowest BCUT2D eigenvalue weighted by atomic mass is 9.90. The number of ether oxygens (including phenoxy) is 1. The SMILES string of the molecule is Cn1cc(-c2ccnc(-n3ncn4c5c(cc4c3=O)CC(C)(C)C5)c2CO)cc(Nc2ccc(C3CN(C4COC4)C3)cn2)c1=O. The van der Waals surface area contributed by atoms with Crippen molar-refractivity contribution < 1.29 is 9.84 Å². The molecule has 2 aliphatic heterocycles. The number of aliphatic hydroxyl groups excluding tert-OH is 1. The topological polar surface area (TPSA) is 132 Å².